The number of halogens is 1. The van der Waals surface area contributed by atoms with Gasteiger partial charge in [-0.15, -0.1) is 0 Å². The molecule has 1 saturated heterocycles. The molecule has 3 unspecified atom stereocenters. The molecule has 2 heterocycles. The average Bonchev–Trinajstić information content (AvgIpc) is 3.27. The zero-order chi connectivity index (χ0) is 21.7. The van der Waals surface area contributed by atoms with Gasteiger partial charge in [0.25, 0.3) is 0 Å². The minimum Gasteiger partial charge on any atom is -0.381 e. The molecule has 31 heavy (non-hydrogen) atoms. The number of nitrogens with zero attached hydrogens (tertiary/aromatic N) is 2. The number of hydrogen-bond donors (Lipinski definition) is 0. The highest BCUT2D eigenvalue weighted by atomic mass is 19.2. The summed E-state index contributed by atoms with van der Waals surface area (Å²) in [5.74, 6) is -0.715. The summed E-state index contributed by atoms with van der Waals surface area (Å²) in [6, 6.07) is 8.01. The maximum atomic E-state index is 15.5. The van der Waals surface area contributed by atoms with E-state index in [1.165, 1.54) is 6.08 Å². The lowest BCUT2D eigenvalue weighted by molar-refractivity contribution is -0.121. The SMILES string of the molecule is CCCc1nccn1-c1ccc(COC2(F)C=CC=C(C3COCCC3OC)C2)cc1. The molecule has 1 aliphatic heterocycles. The Bertz CT molecular complexity index is 921. The smallest absolute Gasteiger partial charge is 0.232 e. The summed E-state index contributed by atoms with van der Waals surface area (Å²) >= 11 is 0. The Morgan fingerprint density at radius 3 is 2.90 bits per heavy atom. The van der Waals surface area contributed by atoms with Crippen molar-refractivity contribution in [3.8, 4) is 5.69 Å². The van der Waals surface area contributed by atoms with Gasteiger partial charge in [-0.2, -0.15) is 0 Å². The molecule has 0 spiro atoms. The zero-order valence-corrected chi connectivity index (χ0v) is 18.3. The van der Waals surface area contributed by atoms with Crippen molar-refractivity contribution in [2.45, 2.75) is 51.2 Å². The number of benzene rings is 1. The summed E-state index contributed by atoms with van der Waals surface area (Å²) in [6.07, 6.45) is 12.1. The molecule has 1 aliphatic carbocycles. The van der Waals surface area contributed by atoms with Crippen molar-refractivity contribution in [3.63, 3.8) is 0 Å². The molecule has 1 fully saturated rings. The minimum atomic E-state index is -1.82. The number of imidazole rings is 1. The van der Waals surface area contributed by atoms with E-state index in [1.54, 1.807) is 13.2 Å². The van der Waals surface area contributed by atoms with Crippen LogP contribution in [0.15, 0.2) is 60.5 Å². The molecule has 5 nitrogen and oxygen atoms in total. The molecule has 2 aromatic rings. The van der Waals surface area contributed by atoms with Gasteiger partial charge < -0.3 is 18.8 Å². The average molecular weight is 427 g/mol. The van der Waals surface area contributed by atoms with Crippen molar-refractivity contribution in [2.24, 2.45) is 5.92 Å². The lowest BCUT2D eigenvalue weighted by Gasteiger charge is -2.35. The Hall–Kier alpha value is -2.28. The van der Waals surface area contributed by atoms with Gasteiger partial charge >= 0.3 is 0 Å². The largest absolute Gasteiger partial charge is 0.381 e. The summed E-state index contributed by atoms with van der Waals surface area (Å²) in [7, 11) is 1.71. The van der Waals surface area contributed by atoms with Gasteiger partial charge in [-0.1, -0.05) is 36.8 Å². The van der Waals surface area contributed by atoms with Gasteiger partial charge in [0.05, 0.1) is 19.3 Å². The molecule has 0 radical (unpaired) electrons. The molecule has 0 bridgehead atoms. The monoisotopic (exact) mass is 426 g/mol. The molecule has 166 valence electrons. The number of allylic oxidation sites excluding steroid dienone is 2. The second-order valence-corrected chi connectivity index (χ2v) is 8.23. The van der Waals surface area contributed by atoms with Crippen molar-refractivity contribution in [2.75, 3.05) is 20.3 Å². The van der Waals surface area contributed by atoms with Crippen LogP contribution in [-0.2, 0) is 27.2 Å². The summed E-state index contributed by atoms with van der Waals surface area (Å²) in [4.78, 5) is 4.43. The lowest BCUT2D eigenvalue weighted by atomic mass is 9.84. The first-order valence-electron chi connectivity index (χ1n) is 11.0. The van der Waals surface area contributed by atoms with Crippen LogP contribution in [0.3, 0.4) is 0 Å². The molecule has 1 aromatic carbocycles. The van der Waals surface area contributed by atoms with E-state index >= 15 is 4.39 Å². The summed E-state index contributed by atoms with van der Waals surface area (Å²) < 4.78 is 34.5. The van der Waals surface area contributed by atoms with Crippen LogP contribution in [-0.4, -0.2) is 41.8 Å². The molecule has 0 saturated carbocycles. The maximum absolute atomic E-state index is 15.5. The van der Waals surface area contributed by atoms with Crippen LogP contribution in [0.1, 0.15) is 37.6 Å². The molecule has 3 atom stereocenters. The normalized spacial score (nSPS) is 26.1. The third kappa shape index (κ3) is 5.14. The van der Waals surface area contributed by atoms with Crippen molar-refractivity contribution in [1.82, 2.24) is 9.55 Å². The molecular formula is C25H31FN2O3. The van der Waals surface area contributed by atoms with Gasteiger partial charge in [-0.3, -0.25) is 0 Å². The Labute approximate surface area is 183 Å². The number of methoxy groups -OCH3 is 1. The zero-order valence-electron chi connectivity index (χ0n) is 18.3. The fourth-order valence-electron chi connectivity index (χ4n) is 4.35. The van der Waals surface area contributed by atoms with Crippen LogP contribution >= 0.6 is 0 Å². The second kappa shape index (κ2) is 9.90. The van der Waals surface area contributed by atoms with E-state index in [4.69, 9.17) is 14.2 Å². The van der Waals surface area contributed by atoms with Crippen LogP contribution in [0.2, 0.25) is 0 Å². The van der Waals surface area contributed by atoms with Gasteiger partial charge in [0, 0.05) is 50.6 Å². The maximum Gasteiger partial charge on any atom is 0.232 e. The summed E-state index contributed by atoms with van der Waals surface area (Å²) in [5, 5.41) is 0. The predicted molar refractivity (Wildman–Crippen MR) is 118 cm³/mol. The number of rotatable bonds is 8. The first kappa shape index (κ1) is 21.9. The second-order valence-electron chi connectivity index (χ2n) is 8.23. The van der Waals surface area contributed by atoms with E-state index < -0.39 is 5.85 Å². The van der Waals surface area contributed by atoms with Gasteiger partial charge in [0.1, 0.15) is 5.82 Å². The van der Waals surface area contributed by atoms with Gasteiger partial charge in [-0.25, -0.2) is 9.37 Å². The first-order valence-corrected chi connectivity index (χ1v) is 11.0. The number of hydrogen-bond acceptors (Lipinski definition) is 4. The van der Waals surface area contributed by atoms with Crippen LogP contribution in [0, 0.1) is 5.92 Å². The van der Waals surface area contributed by atoms with Gasteiger partial charge in [-0.05, 0) is 36.6 Å². The summed E-state index contributed by atoms with van der Waals surface area (Å²) in [6.45, 7) is 3.59. The van der Waals surface area contributed by atoms with Crippen molar-refractivity contribution in [1.29, 1.82) is 0 Å². The molecule has 2 aliphatic rings. The van der Waals surface area contributed by atoms with E-state index in [2.05, 4.69) is 16.5 Å². The van der Waals surface area contributed by atoms with Crippen molar-refractivity contribution in [3.05, 3.63) is 71.8 Å². The van der Waals surface area contributed by atoms with Crippen LogP contribution in [0.25, 0.3) is 5.69 Å². The minimum absolute atomic E-state index is 0.0593. The van der Waals surface area contributed by atoms with Crippen LogP contribution < -0.4 is 0 Å². The Morgan fingerprint density at radius 2 is 2.13 bits per heavy atom. The lowest BCUT2D eigenvalue weighted by Crippen LogP contribution is -2.38. The number of alkyl halides is 1. The fourth-order valence-corrected chi connectivity index (χ4v) is 4.35. The molecule has 0 N–H and O–H groups in total. The summed E-state index contributed by atoms with van der Waals surface area (Å²) in [5.41, 5.74) is 2.96. The van der Waals surface area contributed by atoms with Crippen molar-refractivity contribution < 1.29 is 18.6 Å². The third-order valence-corrected chi connectivity index (χ3v) is 6.06. The topological polar surface area (TPSA) is 45.5 Å². The van der Waals surface area contributed by atoms with Gasteiger partial charge in [0.2, 0.25) is 5.85 Å². The highest BCUT2D eigenvalue weighted by Crippen LogP contribution is 2.36. The molecule has 6 heteroatoms. The molecule has 1 aromatic heterocycles. The number of ether oxygens (including phenoxy) is 3. The Kier molecular flexibility index (Phi) is 7.00. The van der Waals surface area contributed by atoms with E-state index in [-0.39, 0.29) is 25.0 Å². The van der Waals surface area contributed by atoms with E-state index in [0.29, 0.717) is 13.2 Å². The van der Waals surface area contributed by atoms with Crippen LogP contribution in [0.4, 0.5) is 4.39 Å². The van der Waals surface area contributed by atoms with Gasteiger partial charge in [0.15, 0.2) is 0 Å². The first-order chi connectivity index (χ1) is 15.1. The van der Waals surface area contributed by atoms with Crippen LogP contribution in [0.5, 0.6) is 0 Å². The third-order valence-electron chi connectivity index (χ3n) is 6.06. The fraction of sp³-hybridized carbons (Fsp3) is 0.480. The molecular weight excluding hydrogens is 395 g/mol. The standard InChI is InChI=1S/C25H31FN2O3/c1-3-5-24-27-13-14-28(24)21-9-7-19(8-10-21)17-31-25(26)12-4-6-20(16-25)22-18-30-15-11-23(22)29-2/h4,6-10,12-14,22-23H,3,5,11,15-18H2,1-2H3. The van der Waals surface area contributed by atoms with E-state index in [0.717, 1.165) is 41.9 Å². The highest BCUT2D eigenvalue weighted by molar-refractivity contribution is 5.36. The number of aryl methyl sites for hydroxylation is 1. The number of aromatic nitrogens is 2. The molecule has 0 amide bonds. The predicted octanol–water partition coefficient (Wildman–Crippen LogP) is 4.95. The molecule has 4 rings (SSSR count). The Morgan fingerprint density at radius 1 is 1.29 bits per heavy atom. The highest BCUT2D eigenvalue weighted by Gasteiger charge is 2.37. The Balaban J connectivity index is 1.38. The van der Waals surface area contributed by atoms with Crippen molar-refractivity contribution >= 4 is 0 Å². The van der Waals surface area contributed by atoms with E-state index in [1.807, 2.05) is 42.7 Å². The van der Waals surface area contributed by atoms with E-state index in [9.17, 15) is 0 Å². The quantitative estimate of drug-likeness (QED) is 0.600.